The molecule has 0 aliphatic heterocycles. The highest BCUT2D eigenvalue weighted by Gasteiger charge is 2.37. The maximum atomic E-state index is 13.6. The fourth-order valence-electron chi connectivity index (χ4n) is 3.91. The Balaban J connectivity index is 1.83. The molecule has 0 saturated heterocycles. The second-order valence-electron chi connectivity index (χ2n) is 7.38. The predicted molar refractivity (Wildman–Crippen MR) is 121 cm³/mol. The minimum Gasteiger partial charge on any atom is -0.495 e. The van der Waals surface area contributed by atoms with Crippen molar-refractivity contribution in [3.63, 3.8) is 0 Å². The summed E-state index contributed by atoms with van der Waals surface area (Å²) < 4.78 is 10.9. The predicted octanol–water partition coefficient (Wildman–Crippen LogP) is 5.45. The molecule has 1 aliphatic rings. The Bertz CT molecular complexity index is 1030. The number of benzene rings is 1. The first-order valence-electron chi connectivity index (χ1n) is 10.1. The molecule has 0 bridgehead atoms. The minimum atomic E-state index is -0.898. The average molecular weight is 459 g/mol. The number of nitrogens with one attached hydrogen (secondary N) is 1. The smallest absolute Gasteiger partial charge is 0.295 e. The molecule has 1 N–H and O–H groups in total. The van der Waals surface area contributed by atoms with Crippen molar-refractivity contribution in [3.8, 4) is 5.75 Å². The van der Waals surface area contributed by atoms with Crippen LogP contribution in [0.4, 0.5) is 5.69 Å². The Morgan fingerprint density at radius 3 is 2.68 bits per heavy atom. The summed E-state index contributed by atoms with van der Waals surface area (Å²) in [5.41, 5.74) is 0.399. The van der Waals surface area contributed by atoms with Crippen molar-refractivity contribution in [1.29, 1.82) is 0 Å². The van der Waals surface area contributed by atoms with E-state index in [0.717, 1.165) is 30.6 Å². The minimum absolute atomic E-state index is 0.108. The van der Waals surface area contributed by atoms with Crippen molar-refractivity contribution in [1.82, 2.24) is 5.32 Å². The molecule has 2 amide bonds. The summed E-state index contributed by atoms with van der Waals surface area (Å²) in [5, 5.41) is 5.45. The summed E-state index contributed by atoms with van der Waals surface area (Å²) in [7, 11) is 1.51. The number of methoxy groups -OCH3 is 1. The van der Waals surface area contributed by atoms with Gasteiger partial charge in [0.25, 0.3) is 5.91 Å². The number of amides is 2. The number of hydrogen-bond donors (Lipinski definition) is 1. The molecular formula is C23H23ClN2O4S. The normalized spacial score (nSPS) is 14.9. The fraction of sp³-hybridized carbons (Fsp3) is 0.304. The van der Waals surface area contributed by atoms with Gasteiger partial charge in [-0.2, -0.15) is 0 Å². The molecule has 2 aromatic heterocycles. The fourth-order valence-corrected chi connectivity index (χ4v) is 4.89. The van der Waals surface area contributed by atoms with E-state index in [9.17, 15) is 9.59 Å². The summed E-state index contributed by atoms with van der Waals surface area (Å²) in [5.74, 6) is -0.140. The van der Waals surface area contributed by atoms with Gasteiger partial charge in [-0.3, -0.25) is 14.5 Å². The summed E-state index contributed by atoms with van der Waals surface area (Å²) >= 11 is 7.69. The van der Waals surface area contributed by atoms with Gasteiger partial charge in [0.15, 0.2) is 11.8 Å². The molecule has 1 aliphatic carbocycles. The van der Waals surface area contributed by atoms with E-state index in [0.29, 0.717) is 16.5 Å². The van der Waals surface area contributed by atoms with Gasteiger partial charge in [-0.1, -0.05) is 30.5 Å². The number of halogens is 1. The van der Waals surface area contributed by atoms with Crippen LogP contribution in [0.1, 0.15) is 47.2 Å². The van der Waals surface area contributed by atoms with Crippen molar-refractivity contribution in [3.05, 3.63) is 69.8 Å². The third-order valence-corrected chi connectivity index (χ3v) is 6.53. The van der Waals surface area contributed by atoms with Crippen LogP contribution in [-0.4, -0.2) is 25.0 Å². The van der Waals surface area contributed by atoms with Crippen molar-refractivity contribution in [2.75, 3.05) is 12.0 Å². The molecule has 31 heavy (non-hydrogen) atoms. The van der Waals surface area contributed by atoms with Crippen molar-refractivity contribution in [2.24, 2.45) is 0 Å². The Kier molecular flexibility index (Phi) is 6.63. The molecule has 3 aromatic rings. The van der Waals surface area contributed by atoms with Crippen molar-refractivity contribution < 1.29 is 18.7 Å². The van der Waals surface area contributed by atoms with E-state index in [4.69, 9.17) is 20.8 Å². The highest BCUT2D eigenvalue weighted by Crippen LogP contribution is 2.39. The van der Waals surface area contributed by atoms with E-state index in [1.165, 1.54) is 29.6 Å². The molecule has 1 fully saturated rings. The van der Waals surface area contributed by atoms with Crippen LogP contribution in [0.3, 0.4) is 0 Å². The average Bonchev–Trinajstić information content (AvgIpc) is 3.55. The molecule has 6 nitrogen and oxygen atoms in total. The van der Waals surface area contributed by atoms with E-state index in [1.54, 1.807) is 30.3 Å². The second kappa shape index (κ2) is 9.58. The van der Waals surface area contributed by atoms with Gasteiger partial charge in [-0.15, -0.1) is 11.3 Å². The topological polar surface area (TPSA) is 71.8 Å². The number of carbonyl (C=O) groups excluding carboxylic acids is 2. The number of nitrogens with zero attached hydrogens (tertiary/aromatic N) is 1. The molecule has 162 valence electrons. The molecule has 0 unspecified atom stereocenters. The Morgan fingerprint density at radius 1 is 1.23 bits per heavy atom. The molecule has 4 rings (SSSR count). The zero-order valence-corrected chi connectivity index (χ0v) is 18.6. The lowest BCUT2D eigenvalue weighted by Crippen LogP contribution is -2.46. The monoisotopic (exact) mass is 458 g/mol. The van der Waals surface area contributed by atoms with Gasteiger partial charge < -0.3 is 14.5 Å². The summed E-state index contributed by atoms with van der Waals surface area (Å²) in [6.45, 7) is 0. The SMILES string of the molecule is COc1ccc(Cl)cc1N(C(=O)c1ccco1)[C@H](C(=O)NC1CCCC1)c1cccs1. The molecule has 2 heterocycles. The number of anilines is 1. The number of ether oxygens (including phenoxy) is 1. The lowest BCUT2D eigenvalue weighted by Gasteiger charge is -2.31. The van der Waals surface area contributed by atoms with E-state index >= 15 is 0 Å². The van der Waals surface area contributed by atoms with Crippen LogP contribution >= 0.6 is 22.9 Å². The van der Waals surface area contributed by atoms with Gasteiger partial charge in [0.05, 0.1) is 19.1 Å². The highest BCUT2D eigenvalue weighted by atomic mass is 35.5. The van der Waals surface area contributed by atoms with Crippen LogP contribution in [0.5, 0.6) is 5.75 Å². The van der Waals surface area contributed by atoms with Gasteiger partial charge >= 0.3 is 0 Å². The van der Waals surface area contributed by atoms with E-state index in [-0.39, 0.29) is 17.7 Å². The van der Waals surface area contributed by atoms with Crippen LogP contribution in [0.15, 0.2) is 58.5 Å². The molecule has 1 aromatic carbocycles. The maximum absolute atomic E-state index is 13.6. The van der Waals surface area contributed by atoms with Crippen LogP contribution in [0.25, 0.3) is 0 Å². The van der Waals surface area contributed by atoms with Crippen LogP contribution in [-0.2, 0) is 4.79 Å². The Labute approximate surface area is 189 Å². The molecule has 1 saturated carbocycles. The number of carbonyl (C=O) groups is 2. The third kappa shape index (κ3) is 4.62. The third-order valence-electron chi connectivity index (χ3n) is 5.37. The Hall–Kier alpha value is -2.77. The van der Waals surface area contributed by atoms with Gasteiger partial charge in [-0.05, 0) is 54.6 Å². The van der Waals surface area contributed by atoms with Gasteiger partial charge in [0.1, 0.15) is 5.75 Å². The van der Waals surface area contributed by atoms with E-state index in [2.05, 4.69) is 5.32 Å². The Morgan fingerprint density at radius 2 is 2.03 bits per heavy atom. The number of hydrogen-bond acceptors (Lipinski definition) is 5. The van der Waals surface area contributed by atoms with Crippen molar-refractivity contribution >= 4 is 40.4 Å². The first kappa shape index (κ1) is 21.5. The van der Waals surface area contributed by atoms with Crippen LogP contribution in [0, 0.1) is 0 Å². The molecule has 1 atom stereocenters. The van der Waals surface area contributed by atoms with Gasteiger partial charge in [0, 0.05) is 15.9 Å². The summed E-state index contributed by atoms with van der Waals surface area (Å²) in [6, 6.07) is 11.1. The highest BCUT2D eigenvalue weighted by molar-refractivity contribution is 7.10. The first-order chi connectivity index (χ1) is 15.1. The largest absolute Gasteiger partial charge is 0.495 e. The van der Waals surface area contributed by atoms with Crippen molar-refractivity contribution in [2.45, 2.75) is 37.8 Å². The first-order valence-corrected chi connectivity index (χ1v) is 11.4. The molecule has 0 radical (unpaired) electrons. The maximum Gasteiger partial charge on any atom is 0.295 e. The zero-order chi connectivity index (χ0) is 21.8. The molecule has 0 spiro atoms. The lowest BCUT2D eigenvalue weighted by atomic mass is 10.1. The standard InChI is InChI=1S/C23H23ClN2O4S/c1-29-18-11-10-15(24)14-17(18)26(23(28)19-8-4-12-30-19)21(20-9-5-13-31-20)22(27)25-16-6-2-3-7-16/h4-5,8-14,16,21H,2-3,6-7H2,1H3,(H,25,27)/t21-/m0/s1. The van der Waals surface area contributed by atoms with E-state index < -0.39 is 11.9 Å². The van der Waals surface area contributed by atoms with Crippen LogP contribution < -0.4 is 15.0 Å². The van der Waals surface area contributed by atoms with Gasteiger partial charge in [-0.25, -0.2) is 0 Å². The second-order valence-corrected chi connectivity index (χ2v) is 8.79. The van der Waals surface area contributed by atoms with Gasteiger partial charge in [0.2, 0.25) is 5.91 Å². The number of thiophene rings is 1. The summed E-state index contributed by atoms with van der Waals surface area (Å²) in [6.07, 6.45) is 5.49. The molecule has 8 heteroatoms. The van der Waals surface area contributed by atoms with Crippen LogP contribution in [0.2, 0.25) is 5.02 Å². The number of rotatable bonds is 7. The lowest BCUT2D eigenvalue weighted by molar-refractivity contribution is -0.123. The molecular weight excluding hydrogens is 436 g/mol. The summed E-state index contributed by atoms with van der Waals surface area (Å²) in [4.78, 5) is 29.3. The van der Waals surface area contributed by atoms with E-state index in [1.807, 2.05) is 17.5 Å². The number of furan rings is 1. The zero-order valence-electron chi connectivity index (χ0n) is 17.0. The quantitative estimate of drug-likeness (QED) is 0.511.